The zero-order valence-electron chi connectivity index (χ0n) is 14.7. The van der Waals surface area contributed by atoms with Gasteiger partial charge in [0, 0.05) is 23.6 Å². The molecular formula is C21H27NO2. The molecule has 3 heteroatoms. The SMILES string of the molecule is C=CCN1CCC23c4c(ccc(C)c4O[C@H]2[C@@H](O)C=C)CC1C3C. The topological polar surface area (TPSA) is 32.7 Å². The molecule has 2 aliphatic heterocycles. The van der Waals surface area contributed by atoms with Crippen molar-refractivity contribution >= 4 is 0 Å². The number of likely N-dealkylation sites (tertiary alicyclic amines) is 1. The van der Waals surface area contributed by atoms with Gasteiger partial charge in [-0.2, -0.15) is 0 Å². The van der Waals surface area contributed by atoms with E-state index in [9.17, 15) is 5.11 Å². The van der Waals surface area contributed by atoms with Crippen LogP contribution in [0.2, 0.25) is 0 Å². The number of ether oxygens (including phenoxy) is 1. The van der Waals surface area contributed by atoms with Gasteiger partial charge in [0.25, 0.3) is 0 Å². The van der Waals surface area contributed by atoms with Gasteiger partial charge in [0.15, 0.2) is 0 Å². The maximum atomic E-state index is 10.7. The van der Waals surface area contributed by atoms with Crippen molar-refractivity contribution in [3.05, 3.63) is 54.1 Å². The highest BCUT2D eigenvalue weighted by atomic mass is 16.5. The lowest BCUT2D eigenvalue weighted by Crippen LogP contribution is -2.63. The molecule has 0 aromatic heterocycles. The molecule has 5 atom stereocenters. The molecule has 1 aromatic rings. The van der Waals surface area contributed by atoms with Crippen LogP contribution in [0.5, 0.6) is 5.75 Å². The van der Waals surface area contributed by atoms with Gasteiger partial charge in [-0.1, -0.05) is 31.2 Å². The largest absolute Gasteiger partial charge is 0.486 e. The van der Waals surface area contributed by atoms with Crippen LogP contribution in [0.4, 0.5) is 0 Å². The van der Waals surface area contributed by atoms with Crippen molar-refractivity contribution in [3.63, 3.8) is 0 Å². The van der Waals surface area contributed by atoms with E-state index in [0.29, 0.717) is 12.0 Å². The van der Waals surface area contributed by atoms with Crippen LogP contribution < -0.4 is 4.74 Å². The van der Waals surface area contributed by atoms with Crippen molar-refractivity contribution in [2.75, 3.05) is 13.1 Å². The number of fused-ring (bicyclic) bond motifs is 1. The zero-order chi connectivity index (χ0) is 17.1. The second-order valence-electron chi connectivity index (χ2n) is 7.64. The van der Waals surface area contributed by atoms with Gasteiger partial charge < -0.3 is 9.84 Å². The smallest absolute Gasteiger partial charge is 0.138 e. The Labute approximate surface area is 144 Å². The zero-order valence-corrected chi connectivity index (χ0v) is 14.7. The molecule has 128 valence electrons. The quantitative estimate of drug-likeness (QED) is 0.864. The molecule has 0 radical (unpaired) electrons. The van der Waals surface area contributed by atoms with Gasteiger partial charge in [-0.05, 0) is 43.4 Å². The third-order valence-electron chi connectivity index (χ3n) is 6.67. The van der Waals surface area contributed by atoms with E-state index in [0.717, 1.165) is 31.7 Å². The van der Waals surface area contributed by atoms with E-state index in [1.54, 1.807) is 6.08 Å². The summed E-state index contributed by atoms with van der Waals surface area (Å²) < 4.78 is 6.40. The van der Waals surface area contributed by atoms with Gasteiger partial charge in [-0.3, -0.25) is 4.90 Å². The number of benzene rings is 1. The average Bonchev–Trinajstić information content (AvgIpc) is 2.92. The van der Waals surface area contributed by atoms with E-state index in [1.807, 2.05) is 6.08 Å². The van der Waals surface area contributed by atoms with E-state index in [4.69, 9.17) is 4.74 Å². The molecule has 4 rings (SSSR count). The normalized spacial score (nSPS) is 35.0. The molecule has 24 heavy (non-hydrogen) atoms. The molecule has 1 aromatic carbocycles. The van der Waals surface area contributed by atoms with Crippen molar-refractivity contribution in [1.29, 1.82) is 0 Å². The van der Waals surface area contributed by atoms with E-state index >= 15 is 0 Å². The fourth-order valence-corrected chi connectivity index (χ4v) is 5.49. The summed E-state index contributed by atoms with van der Waals surface area (Å²) in [4.78, 5) is 2.54. The Balaban J connectivity index is 1.90. The van der Waals surface area contributed by atoms with Gasteiger partial charge >= 0.3 is 0 Å². The molecule has 1 fully saturated rings. The Hall–Kier alpha value is -1.58. The van der Waals surface area contributed by atoms with Gasteiger partial charge in [0.2, 0.25) is 0 Å². The minimum absolute atomic E-state index is 0.106. The van der Waals surface area contributed by atoms with Crippen LogP contribution in [0.15, 0.2) is 37.4 Å². The maximum absolute atomic E-state index is 10.7. The molecular weight excluding hydrogens is 298 g/mol. The summed E-state index contributed by atoms with van der Waals surface area (Å²) in [5.41, 5.74) is 3.83. The molecule has 2 bridgehead atoms. The monoisotopic (exact) mass is 325 g/mol. The Morgan fingerprint density at radius 2 is 2.25 bits per heavy atom. The lowest BCUT2D eigenvalue weighted by atomic mass is 9.55. The van der Waals surface area contributed by atoms with Gasteiger partial charge in [-0.15, -0.1) is 13.2 Å². The summed E-state index contributed by atoms with van der Waals surface area (Å²) >= 11 is 0. The minimum atomic E-state index is -0.642. The predicted octanol–water partition coefficient (Wildman–Crippen LogP) is 2.99. The fourth-order valence-electron chi connectivity index (χ4n) is 5.49. The lowest BCUT2D eigenvalue weighted by molar-refractivity contribution is -0.0481. The first-order chi connectivity index (χ1) is 11.5. The third-order valence-corrected chi connectivity index (χ3v) is 6.67. The highest BCUT2D eigenvalue weighted by Crippen LogP contribution is 2.59. The van der Waals surface area contributed by atoms with Crippen LogP contribution >= 0.6 is 0 Å². The molecule has 1 spiro atoms. The first-order valence-corrected chi connectivity index (χ1v) is 8.99. The average molecular weight is 325 g/mol. The Bertz CT molecular complexity index is 697. The summed E-state index contributed by atoms with van der Waals surface area (Å²) in [5, 5.41) is 10.7. The second-order valence-corrected chi connectivity index (χ2v) is 7.64. The highest BCUT2D eigenvalue weighted by Gasteiger charge is 2.61. The predicted molar refractivity (Wildman–Crippen MR) is 96.5 cm³/mol. The van der Waals surface area contributed by atoms with Crippen LogP contribution in [0.1, 0.15) is 30.0 Å². The standard InChI is InChI=1S/C21H27NO2/c1-5-10-22-11-9-21-14(4)16(22)12-15-8-7-13(3)19(18(15)21)24-20(21)17(23)6-2/h5-8,14,16-17,20,23H,1-2,9-12H2,3-4H3/t14?,16?,17-,20-,21?/m0/s1. The van der Waals surface area contributed by atoms with Gasteiger partial charge in [0.1, 0.15) is 18.0 Å². The second kappa shape index (κ2) is 5.47. The number of hydrogen-bond acceptors (Lipinski definition) is 3. The molecule has 3 aliphatic rings. The molecule has 2 heterocycles. The number of piperidine rings is 1. The van der Waals surface area contributed by atoms with E-state index in [2.05, 4.69) is 44.0 Å². The van der Waals surface area contributed by atoms with Crippen LogP contribution in [0, 0.1) is 12.8 Å². The van der Waals surface area contributed by atoms with Crippen LogP contribution in [0.25, 0.3) is 0 Å². The lowest BCUT2D eigenvalue weighted by Gasteiger charge is -2.55. The molecule has 1 saturated heterocycles. The van der Waals surface area contributed by atoms with Crippen LogP contribution in [0.3, 0.4) is 0 Å². The van der Waals surface area contributed by atoms with Crippen molar-refractivity contribution in [3.8, 4) is 5.75 Å². The molecule has 1 aliphatic carbocycles. The number of aliphatic hydroxyl groups excluding tert-OH is 1. The molecule has 3 nitrogen and oxygen atoms in total. The Morgan fingerprint density at radius 1 is 1.46 bits per heavy atom. The van der Waals surface area contributed by atoms with Crippen molar-refractivity contribution in [2.45, 2.75) is 50.4 Å². The van der Waals surface area contributed by atoms with Crippen LogP contribution in [-0.4, -0.2) is 41.3 Å². The number of rotatable bonds is 4. The maximum Gasteiger partial charge on any atom is 0.138 e. The first-order valence-electron chi connectivity index (χ1n) is 8.99. The number of nitrogens with zero attached hydrogens (tertiary/aromatic N) is 1. The van der Waals surface area contributed by atoms with Crippen LogP contribution in [-0.2, 0) is 11.8 Å². The molecule has 1 N–H and O–H groups in total. The highest BCUT2D eigenvalue weighted by molar-refractivity contribution is 5.57. The summed E-state index contributed by atoms with van der Waals surface area (Å²) in [6.45, 7) is 14.1. The summed E-state index contributed by atoms with van der Waals surface area (Å²) in [5.74, 6) is 1.45. The van der Waals surface area contributed by atoms with Gasteiger partial charge in [-0.25, -0.2) is 0 Å². The number of aryl methyl sites for hydroxylation is 1. The van der Waals surface area contributed by atoms with E-state index in [1.165, 1.54) is 16.7 Å². The van der Waals surface area contributed by atoms with Gasteiger partial charge in [0.05, 0.1) is 0 Å². The number of aliphatic hydroxyl groups is 1. The Morgan fingerprint density at radius 3 is 2.96 bits per heavy atom. The molecule has 3 unspecified atom stereocenters. The molecule has 0 amide bonds. The third kappa shape index (κ3) is 1.86. The summed E-state index contributed by atoms with van der Waals surface area (Å²) in [7, 11) is 0. The Kier molecular flexibility index (Phi) is 3.63. The summed E-state index contributed by atoms with van der Waals surface area (Å²) in [6, 6.07) is 4.90. The fraction of sp³-hybridized carbons (Fsp3) is 0.524. The van der Waals surface area contributed by atoms with Crippen molar-refractivity contribution < 1.29 is 9.84 Å². The van der Waals surface area contributed by atoms with E-state index in [-0.39, 0.29) is 11.5 Å². The molecule has 0 saturated carbocycles. The van der Waals surface area contributed by atoms with Crippen molar-refractivity contribution in [1.82, 2.24) is 4.90 Å². The van der Waals surface area contributed by atoms with Crippen molar-refractivity contribution in [2.24, 2.45) is 5.92 Å². The first kappa shape index (κ1) is 15.9. The minimum Gasteiger partial charge on any atom is -0.486 e. The van der Waals surface area contributed by atoms with E-state index < -0.39 is 6.10 Å². The summed E-state index contributed by atoms with van der Waals surface area (Å²) in [6.07, 6.45) is 4.83. The number of hydrogen-bond donors (Lipinski definition) is 1.